The first-order valence-corrected chi connectivity index (χ1v) is 8.36. The molecule has 3 saturated heterocycles. The van der Waals surface area contributed by atoms with Crippen LogP contribution in [0.3, 0.4) is 0 Å². The van der Waals surface area contributed by atoms with Gasteiger partial charge in [-0.15, -0.1) is 0 Å². The van der Waals surface area contributed by atoms with E-state index in [4.69, 9.17) is 0 Å². The first-order valence-electron chi connectivity index (χ1n) is 8.36. The molecule has 2 atom stereocenters. The van der Waals surface area contributed by atoms with Gasteiger partial charge in [0.05, 0.1) is 11.8 Å². The second kappa shape index (κ2) is 6.29. The molecule has 7 nitrogen and oxygen atoms in total. The predicted octanol–water partition coefficient (Wildman–Crippen LogP) is -0.148. The molecule has 0 saturated carbocycles. The molecule has 0 unspecified atom stereocenters. The fourth-order valence-electron chi connectivity index (χ4n) is 3.78. The smallest absolute Gasteiger partial charge is 0.234 e. The van der Waals surface area contributed by atoms with E-state index in [0.717, 1.165) is 25.8 Å². The molecule has 126 valence electrons. The highest BCUT2D eigenvalue weighted by Crippen LogP contribution is 2.32. The summed E-state index contributed by atoms with van der Waals surface area (Å²) in [6, 6.07) is 0. The Kier molecular flexibility index (Phi) is 4.37. The van der Waals surface area contributed by atoms with Crippen molar-refractivity contribution in [2.24, 2.45) is 11.8 Å². The summed E-state index contributed by atoms with van der Waals surface area (Å²) in [6.07, 6.45) is 3.81. The molecule has 7 heteroatoms. The van der Waals surface area contributed by atoms with E-state index in [2.05, 4.69) is 0 Å². The number of carbonyl (C=O) groups excluding carboxylic acids is 4. The second-order valence-electron chi connectivity index (χ2n) is 6.69. The summed E-state index contributed by atoms with van der Waals surface area (Å²) in [5, 5.41) is 0. The van der Waals surface area contributed by atoms with E-state index in [0.29, 0.717) is 26.1 Å². The number of likely N-dealkylation sites (tertiary alicyclic amines) is 3. The van der Waals surface area contributed by atoms with Gasteiger partial charge in [0, 0.05) is 46.1 Å². The van der Waals surface area contributed by atoms with Crippen LogP contribution in [0.1, 0.15) is 32.1 Å². The van der Waals surface area contributed by atoms with Crippen molar-refractivity contribution >= 4 is 23.6 Å². The number of rotatable bonds is 3. The summed E-state index contributed by atoms with van der Waals surface area (Å²) in [7, 11) is 1.50. The number of amides is 4. The van der Waals surface area contributed by atoms with Crippen molar-refractivity contribution in [3.05, 3.63) is 0 Å². The highest BCUT2D eigenvalue weighted by Gasteiger charge is 2.51. The molecule has 0 spiro atoms. The zero-order valence-corrected chi connectivity index (χ0v) is 13.5. The minimum absolute atomic E-state index is 0.0697. The Bertz CT molecular complexity index is 523. The minimum atomic E-state index is -0.378. The Morgan fingerprint density at radius 1 is 1.04 bits per heavy atom. The van der Waals surface area contributed by atoms with Crippen molar-refractivity contribution in [3.63, 3.8) is 0 Å². The summed E-state index contributed by atoms with van der Waals surface area (Å²) >= 11 is 0. The molecule has 0 aromatic carbocycles. The van der Waals surface area contributed by atoms with E-state index in [1.807, 2.05) is 0 Å². The summed E-state index contributed by atoms with van der Waals surface area (Å²) in [6.45, 7) is 1.81. The molecule has 3 aliphatic heterocycles. The average Bonchev–Trinajstić information content (AvgIpc) is 2.98. The van der Waals surface area contributed by atoms with E-state index >= 15 is 0 Å². The van der Waals surface area contributed by atoms with Gasteiger partial charge >= 0.3 is 0 Å². The lowest BCUT2D eigenvalue weighted by Crippen LogP contribution is -2.38. The van der Waals surface area contributed by atoms with Crippen molar-refractivity contribution < 1.29 is 19.2 Å². The average molecular weight is 321 g/mol. The monoisotopic (exact) mass is 321 g/mol. The highest BCUT2D eigenvalue weighted by atomic mass is 16.2. The van der Waals surface area contributed by atoms with Gasteiger partial charge in [-0.05, 0) is 12.8 Å². The molecule has 0 aliphatic carbocycles. The van der Waals surface area contributed by atoms with E-state index in [1.54, 1.807) is 9.80 Å². The third-order valence-corrected chi connectivity index (χ3v) is 5.24. The third-order valence-electron chi connectivity index (χ3n) is 5.24. The maximum atomic E-state index is 12.4. The molecule has 3 rings (SSSR count). The second-order valence-corrected chi connectivity index (χ2v) is 6.69. The Hall–Kier alpha value is -1.92. The number of carbonyl (C=O) groups is 4. The maximum absolute atomic E-state index is 12.4. The number of fused-ring (bicyclic) bond motifs is 1. The van der Waals surface area contributed by atoms with E-state index < -0.39 is 0 Å². The van der Waals surface area contributed by atoms with Gasteiger partial charge in [0.15, 0.2) is 0 Å². The molecular weight excluding hydrogens is 298 g/mol. The van der Waals surface area contributed by atoms with E-state index in [-0.39, 0.29) is 41.9 Å². The van der Waals surface area contributed by atoms with Crippen LogP contribution in [-0.2, 0) is 19.2 Å². The lowest BCUT2D eigenvalue weighted by atomic mass is 10.00. The zero-order valence-electron chi connectivity index (χ0n) is 13.5. The minimum Gasteiger partial charge on any atom is -0.342 e. The van der Waals surface area contributed by atoms with Gasteiger partial charge in [-0.2, -0.15) is 0 Å². The number of imide groups is 1. The summed E-state index contributed by atoms with van der Waals surface area (Å²) in [4.78, 5) is 52.8. The fourth-order valence-corrected chi connectivity index (χ4v) is 3.78. The molecule has 0 aromatic heterocycles. The van der Waals surface area contributed by atoms with E-state index in [1.165, 1.54) is 11.9 Å². The summed E-state index contributed by atoms with van der Waals surface area (Å²) in [5.74, 6) is -1.07. The van der Waals surface area contributed by atoms with Crippen molar-refractivity contribution in [1.29, 1.82) is 0 Å². The molecular formula is C16H23N3O4. The summed E-state index contributed by atoms with van der Waals surface area (Å²) < 4.78 is 0. The van der Waals surface area contributed by atoms with Gasteiger partial charge in [0.2, 0.25) is 23.6 Å². The van der Waals surface area contributed by atoms with Crippen LogP contribution in [0, 0.1) is 11.8 Å². The van der Waals surface area contributed by atoms with Gasteiger partial charge < -0.3 is 9.80 Å². The molecule has 4 amide bonds. The lowest BCUT2D eigenvalue weighted by molar-refractivity contribution is -0.139. The van der Waals surface area contributed by atoms with Crippen LogP contribution in [0.2, 0.25) is 0 Å². The molecule has 3 heterocycles. The topological polar surface area (TPSA) is 78.0 Å². The SMILES string of the molecule is CN1C(=O)[C@H]2CN(C(=O)CCN3CCCCCC3=O)C[C@H]2C1=O. The molecule has 3 aliphatic rings. The zero-order chi connectivity index (χ0) is 16.6. The van der Waals surface area contributed by atoms with Crippen LogP contribution in [0.5, 0.6) is 0 Å². The van der Waals surface area contributed by atoms with Gasteiger partial charge in [0.25, 0.3) is 0 Å². The molecule has 0 bridgehead atoms. The van der Waals surface area contributed by atoms with Crippen LogP contribution in [0.25, 0.3) is 0 Å². The van der Waals surface area contributed by atoms with Gasteiger partial charge in [0.1, 0.15) is 0 Å². The first kappa shape index (κ1) is 16.0. The Morgan fingerprint density at radius 2 is 1.70 bits per heavy atom. The Balaban J connectivity index is 1.53. The molecule has 0 radical (unpaired) electrons. The Morgan fingerprint density at radius 3 is 2.35 bits per heavy atom. The normalized spacial score (nSPS) is 28.4. The van der Waals surface area contributed by atoms with E-state index in [9.17, 15) is 19.2 Å². The van der Waals surface area contributed by atoms with Crippen molar-refractivity contribution in [1.82, 2.24) is 14.7 Å². The fraction of sp³-hybridized carbons (Fsp3) is 0.750. The predicted molar refractivity (Wildman–Crippen MR) is 81.0 cm³/mol. The van der Waals surface area contributed by atoms with Crippen LogP contribution in [0.4, 0.5) is 0 Å². The number of hydrogen-bond donors (Lipinski definition) is 0. The largest absolute Gasteiger partial charge is 0.342 e. The van der Waals surface area contributed by atoms with Crippen molar-refractivity contribution in [2.45, 2.75) is 32.1 Å². The van der Waals surface area contributed by atoms with Crippen molar-refractivity contribution in [2.75, 3.05) is 33.2 Å². The first-order chi connectivity index (χ1) is 11.0. The van der Waals surface area contributed by atoms with Crippen LogP contribution in [0.15, 0.2) is 0 Å². The molecule has 3 fully saturated rings. The molecule has 0 aromatic rings. The van der Waals surface area contributed by atoms with Crippen LogP contribution >= 0.6 is 0 Å². The van der Waals surface area contributed by atoms with Gasteiger partial charge in [-0.3, -0.25) is 24.1 Å². The van der Waals surface area contributed by atoms with Crippen LogP contribution < -0.4 is 0 Å². The van der Waals surface area contributed by atoms with Crippen molar-refractivity contribution in [3.8, 4) is 0 Å². The lowest BCUT2D eigenvalue weighted by Gasteiger charge is -2.23. The number of nitrogens with zero attached hydrogens (tertiary/aromatic N) is 3. The molecule has 0 N–H and O–H groups in total. The Labute approximate surface area is 135 Å². The quantitative estimate of drug-likeness (QED) is 0.678. The third kappa shape index (κ3) is 2.96. The maximum Gasteiger partial charge on any atom is 0.234 e. The number of hydrogen-bond acceptors (Lipinski definition) is 4. The standard InChI is InChI=1S/C16H23N3O4/c1-17-15(22)11-9-19(10-12(11)16(17)23)14(21)6-8-18-7-4-2-3-5-13(18)20/h11-12H,2-10H2,1H3/t11-,12+. The highest BCUT2D eigenvalue weighted by molar-refractivity contribution is 6.06. The van der Waals surface area contributed by atoms with Gasteiger partial charge in [-0.1, -0.05) is 6.42 Å². The molecule has 23 heavy (non-hydrogen) atoms. The van der Waals surface area contributed by atoms with Gasteiger partial charge in [-0.25, -0.2) is 0 Å². The summed E-state index contributed by atoms with van der Waals surface area (Å²) in [5.41, 5.74) is 0. The van der Waals surface area contributed by atoms with Crippen LogP contribution in [-0.4, -0.2) is 71.6 Å².